The van der Waals surface area contributed by atoms with E-state index in [0.29, 0.717) is 12.5 Å². The smallest absolute Gasteiger partial charge is 0.234 e. The summed E-state index contributed by atoms with van der Waals surface area (Å²) in [6.45, 7) is 6.13. The van der Waals surface area contributed by atoms with Crippen LogP contribution < -0.4 is 11.1 Å². The minimum Gasteiger partial charge on any atom is -0.348 e. The zero-order chi connectivity index (χ0) is 15.4. The number of likely N-dealkylation sites (tertiary alicyclic amines) is 1. The van der Waals surface area contributed by atoms with Gasteiger partial charge >= 0.3 is 0 Å². The van der Waals surface area contributed by atoms with E-state index in [4.69, 9.17) is 5.73 Å². The highest BCUT2D eigenvalue weighted by atomic mass is 35.5. The summed E-state index contributed by atoms with van der Waals surface area (Å²) in [5.41, 5.74) is 6.80. The van der Waals surface area contributed by atoms with E-state index in [1.54, 1.807) is 12.1 Å². The normalized spacial score (nSPS) is 21.0. The van der Waals surface area contributed by atoms with Gasteiger partial charge in [-0.2, -0.15) is 0 Å². The van der Waals surface area contributed by atoms with E-state index in [1.807, 2.05) is 13.8 Å². The summed E-state index contributed by atoms with van der Waals surface area (Å²) < 4.78 is 12.9. The number of rotatable bonds is 5. The lowest BCUT2D eigenvalue weighted by atomic mass is 10.0. The predicted octanol–water partition coefficient (Wildman–Crippen LogP) is 2.09. The van der Waals surface area contributed by atoms with Gasteiger partial charge in [0.15, 0.2) is 0 Å². The number of amides is 1. The van der Waals surface area contributed by atoms with Gasteiger partial charge in [0.05, 0.1) is 12.6 Å². The highest BCUT2D eigenvalue weighted by Gasteiger charge is 2.26. The molecule has 6 heteroatoms. The molecule has 1 amide bonds. The first-order chi connectivity index (χ1) is 9.95. The molecule has 4 nitrogen and oxygen atoms in total. The minimum absolute atomic E-state index is 0. The van der Waals surface area contributed by atoms with Gasteiger partial charge in [-0.05, 0) is 50.4 Å². The van der Waals surface area contributed by atoms with Crippen LogP contribution >= 0.6 is 12.4 Å². The van der Waals surface area contributed by atoms with E-state index < -0.39 is 0 Å². The van der Waals surface area contributed by atoms with Gasteiger partial charge in [0.2, 0.25) is 5.91 Å². The summed E-state index contributed by atoms with van der Waals surface area (Å²) in [6.07, 6.45) is 1.05. The van der Waals surface area contributed by atoms with Crippen LogP contribution in [0.2, 0.25) is 0 Å². The van der Waals surface area contributed by atoms with E-state index >= 15 is 0 Å². The van der Waals surface area contributed by atoms with Crippen molar-refractivity contribution in [2.24, 2.45) is 11.7 Å². The summed E-state index contributed by atoms with van der Waals surface area (Å²) in [4.78, 5) is 14.2. The summed E-state index contributed by atoms with van der Waals surface area (Å²) in [5, 5.41) is 2.95. The fraction of sp³-hybridized carbons (Fsp3) is 0.562. The maximum absolute atomic E-state index is 12.9. The third kappa shape index (κ3) is 5.23. The fourth-order valence-corrected chi connectivity index (χ4v) is 2.76. The Morgan fingerprint density at radius 1 is 1.41 bits per heavy atom. The summed E-state index contributed by atoms with van der Waals surface area (Å²) in [5.74, 6) is 0.209. The number of hydrogen-bond acceptors (Lipinski definition) is 3. The third-order valence-corrected chi connectivity index (χ3v) is 4.17. The molecule has 1 saturated heterocycles. The number of carbonyl (C=O) groups excluding carboxylic acids is 1. The quantitative estimate of drug-likeness (QED) is 0.869. The molecule has 3 atom stereocenters. The topological polar surface area (TPSA) is 58.4 Å². The van der Waals surface area contributed by atoms with Gasteiger partial charge in [-0.3, -0.25) is 9.69 Å². The van der Waals surface area contributed by atoms with Crippen molar-refractivity contribution in [3.8, 4) is 0 Å². The molecule has 124 valence electrons. The molecule has 1 fully saturated rings. The van der Waals surface area contributed by atoms with E-state index in [1.165, 1.54) is 12.1 Å². The minimum atomic E-state index is -0.267. The number of benzene rings is 1. The van der Waals surface area contributed by atoms with Crippen LogP contribution in [-0.2, 0) is 4.79 Å². The third-order valence-electron chi connectivity index (χ3n) is 4.17. The molecule has 0 aromatic heterocycles. The van der Waals surface area contributed by atoms with Crippen molar-refractivity contribution >= 4 is 18.3 Å². The first kappa shape index (κ1) is 18.9. The summed E-state index contributed by atoms with van der Waals surface area (Å²) in [6, 6.07) is 6.27. The zero-order valence-corrected chi connectivity index (χ0v) is 13.9. The highest BCUT2D eigenvalue weighted by Crippen LogP contribution is 2.18. The van der Waals surface area contributed by atoms with E-state index in [0.717, 1.165) is 25.1 Å². The molecule has 0 radical (unpaired) electrons. The zero-order valence-electron chi connectivity index (χ0n) is 13.1. The molecule has 1 aromatic carbocycles. The number of halogens is 2. The van der Waals surface area contributed by atoms with Gasteiger partial charge in [-0.1, -0.05) is 12.1 Å². The molecule has 2 rings (SSSR count). The Balaban J connectivity index is 0.00000242. The summed E-state index contributed by atoms with van der Waals surface area (Å²) in [7, 11) is 0. The van der Waals surface area contributed by atoms with Crippen molar-refractivity contribution in [1.82, 2.24) is 10.2 Å². The average Bonchev–Trinajstić information content (AvgIpc) is 2.87. The van der Waals surface area contributed by atoms with Crippen molar-refractivity contribution in [2.45, 2.75) is 32.4 Å². The molecule has 0 aliphatic carbocycles. The van der Waals surface area contributed by atoms with Crippen LogP contribution in [-0.4, -0.2) is 36.5 Å². The lowest BCUT2D eigenvalue weighted by Gasteiger charge is -2.19. The number of nitrogens with zero attached hydrogens (tertiary/aromatic N) is 1. The Kier molecular flexibility index (Phi) is 7.26. The van der Waals surface area contributed by atoms with Crippen LogP contribution in [0.5, 0.6) is 0 Å². The molecule has 0 saturated carbocycles. The lowest BCUT2D eigenvalue weighted by molar-refractivity contribution is -0.122. The Morgan fingerprint density at radius 2 is 2.05 bits per heavy atom. The second-order valence-corrected chi connectivity index (χ2v) is 5.98. The maximum atomic E-state index is 12.9. The van der Waals surface area contributed by atoms with Crippen LogP contribution in [0.3, 0.4) is 0 Å². The Bertz CT molecular complexity index is 481. The van der Waals surface area contributed by atoms with Crippen molar-refractivity contribution in [3.63, 3.8) is 0 Å². The van der Waals surface area contributed by atoms with Crippen molar-refractivity contribution < 1.29 is 9.18 Å². The first-order valence-electron chi connectivity index (χ1n) is 7.48. The van der Waals surface area contributed by atoms with E-state index in [2.05, 4.69) is 10.2 Å². The largest absolute Gasteiger partial charge is 0.348 e. The SMILES string of the molecule is CC(NC(=O)CN1CCC(C(C)N)C1)c1ccc(F)cc1.Cl. The lowest BCUT2D eigenvalue weighted by Crippen LogP contribution is -2.38. The molecular formula is C16H25ClFN3O. The molecule has 1 aromatic rings. The second kappa shape index (κ2) is 8.46. The van der Waals surface area contributed by atoms with Gasteiger partial charge in [0.1, 0.15) is 5.82 Å². The average molecular weight is 330 g/mol. The van der Waals surface area contributed by atoms with Crippen LogP contribution in [0, 0.1) is 11.7 Å². The van der Waals surface area contributed by atoms with Crippen molar-refractivity contribution in [1.29, 1.82) is 0 Å². The molecule has 0 spiro atoms. The van der Waals surface area contributed by atoms with Crippen LogP contribution in [0.15, 0.2) is 24.3 Å². The van der Waals surface area contributed by atoms with Gasteiger partial charge in [-0.25, -0.2) is 4.39 Å². The number of nitrogens with two attached hydrogens (primary N) is 1. The van der Waals surface area contributed by atoms with Crippen LogP contribution in [0.1, 0.15) is 31.9 Å². The Morgan fingerprint density at radius 3 is 2.59 bits per heavy atom. The predicted molar refractivity (Wildman–Crippen MR) is 88.4 cm³/mol. The summed E-state index contributed by atoms with van der Waals surface area (Å²) >= 11 is 0. The van der Waals surface area contributed by atoms with Gasteiger partial charge in [0.25, 0.3) is 0 Å². The number of nitrogens with one attached hydrogen (secondary N) is 1. The standard InChI is InChI=1S/C16H24FN3O.ClH/c1-11(18)14-7-8-20(9-14)10-16(21)19-12(2)13-3-5-15(17)6-4-13;/h3-6,11-12,14H,7-10,18H2,1-2H3,(H,19,21);1H. The molecule has 1 aliphatic heterocycles. The van der Waals surface area contributed by atoms with E-state index in [-0.39, 0.29) is 36.2 Å². The number of hydrogen-bond donors (Lipinski definition) is 2. The van der Waals surface area contributed by atoms with Gasteiger partial charge < -0.3 is 11.1 Å². The molecule has 3 unspecified atom stereocenters. The monoisotopic (exact) mass is 329 g/mol. The second-order valence-electron chi connectivity index (χ2n) is 5.98. The van der Waals surface area contributed by atoms with Gasteiger partial charge in [-0.15, -0.1) is 12.4 Å². The Labute approximate surface area is 137 Å². The number of carbonyl (C=O) groups is 1. The van der Waals surface area contributed by atoms with Crippen molar-refractivity contribution in [2.75, 3.05) is 19.6 Å². The molecule has 3 N–H and O–H groups in total. The molecule has 0 bridgehead atoms. The fourth-order valence-electron chi connectivity index (χ4n) is 2.76. The molecule has 1 heterocycles. The van der Waals surface area contributed by atoms with Crippen LogP contribution in [0.25, 0.3) is 0 Å². The highest BCUT2D eigenvalue weighted by molar-refractivity contribution is 5.85. The molecular weight excluding hydrogens is 305 g/mol. The maximum Gasteiger partial charge on any atom is 0.234 e. The van der Waals surface area contributed by atoms with Crippen LogP contribution in [0.4, 0.5) is 4.39 Å². The Hall–Kier alpha value is -1.17. The first-order valence-corrected chi connectivity index (χ1v) is 7.48. The molecule has 1 aliphatic rings. The van der Waals surface area contributed by atoms with Gasteiger partial charge in [0, 0.05) is 12.6 Å². The van der Waals surface area contributed by atoms with E-state index in [9.17, 15) is 9.18 Å². The molecule has 22 heavy (non-hydrogen) atoms. The van der Waals surface area contributed by atoms with Crippen molar-refractivity contribution in [3.05, 3.63) is 35.6 Å².